The van der Waals surface area contributed by atoms with Gasteiger partial charge in [0.25, 0.3) is 0 Å². The van der Waals surface area contributed by atoms with Gasteiger partial charge in [0.15, 0.2) is 0 Å². The minimum Gasteiger partial charge on any atom is -0.386 e. The van der Waals surface area contributed by atoms with E-state index in [0.29, 0.717) is 13.8 Å². The average molecular weight is 504 g/mol. The molecule has 186 valence electrons. The summed E-state index contributed by atoms with van der Waals surface area (Å²) in [5.41, 5.74) is -2.54. The smallest absolute Gasteiger partial charge is 0.386 e. The zero-order chi connectivity index (χ0) is 25.9. The van der Waals surface area contributed by atoms with Gasteiger partial charge in [0.2, 0.25) is 0 Å². The van der Waals surface area contributed by atoms with Crippen LogP contribution in [0.15, 0.2) is 12.2 Å². The summed E-state index contributed by atoms with van der Waals surface area (Å²) in [7, 11) is 0. The van der Waals surface area contributed by atoms with Gasteiger partial charge in [-0.15, -0.1) is 0 Å². The van der Waals surface area contributed by atoms with Crippen molar-refractivity contribution in [3.05, 3.63) is 12.2 Å². The third-order valence-electron chi connectivity index (χ3n) is 3.45. The van der Waals surface area contributed by atoms with Gasteiger partial charge in [0.05, 0.1) is 5.60 Å². The van der Waals surface area contributed by atoms with Gasteiger partial charge in [0, 0.05) is 0 Å². The van der Waals surface area contributed by atoms with Crippen LogP contribution in [0.3, 0.4) is 0 Å². The molecule has 0 aromatic heterocycles. The third-order valence-corrected chi connectivity index (χ3v) is 3.45. The number of allylic oxidation sites excluding steroid dienone is 1. The molecule has 0 spiro atoms. The number of rotatable bonds is 8. The fourth-order valence-electron chi connectivity index (χ4n) is 1.59. The first-order valence-corrected chi connectivity index (χ1v) is 7.10. The summed E-state index contributed by atoms with van der Waals surface area (Å²) in [6.07, 6.45) is -9.65. The molecule has 0 unspecified atom stereocenters. The molecule has 1 nitrogen and oxygen atoms in total. The Hall–Kier alpha value is -1.49. The molecule has 31 heavy (non-hydrogen) atoms. The molecular weight excluding hydrogens is 495 g/mol. The first-order valence-electron chi connectivity index (χ1n) is 7.10. The lowest BCUT2D eigenvalue weighted by molar-refractivity contribution is -0.459. The molecule has 0 aliphatic rings. The van der Waals surface area contributed by atoms with E-state index in [4.69, 9.17) is 5.11 Å². The fourth-order valence-corrected chi connectivity index (χ4v) is 1.59. The maximum Gasteiger partial charge on any atom is 0.460 e. The van der Waals surface area contributed by atoms with Crippen LogP contribution in [0.4, 0.5) is 74.6 Å². The highest BCUT2D eigenvalue weighted by Crippen LogP contribution is 2.64. The van der Waals surface area contributed by atoms with Gasteiger partial charge in [-0.3, -0.25) is 0 Å². The van der Waals surface area contributed by atoms with Crippen LogP contribution in [0.5, 0.6) is 0 Å². The lowest BCUT2D eigenvalue weighted by Gasteiger charge is -2.42. The molecule has 18 heteroatoms. The minimum atomic E-state index is -8.65. The van der Waals surface area contributed by atoms with Crippen molar-refractivity contribution in [2.45, 2.75) is 67.1 Å². The van der Waals surface area contributed by atoms with Crippen molar-refractivity contribution in [2.75, 3.05) is 0 Å². The van der Waals surface area contributed by atoms with E-state index in [-0.39, 0.29) is 0 Å². The van der Waals surface area contributed by atoms with Crippen molar-refractivity contribution in [1.82, 2.24) is 0 Å². The summed E-state index contributed by atoms with van der Waals surface area (Å²) in [5, 5.41) is 9.00. The zero-order valence-corrected chi connectivity index (χ0v) is 14.5. The summed E-state index contributed by atoms with van der Waals surface area (Å²) >= 11 is 0. The highest BCUT2D eigenvalue weighted by atomic mass is 19.4. The van der Waals surface area contributed by atoms with E-state index in [1.165, 1.54) is 0 Å². The standard InChI is InChI=1S/C13H9F17O/c1-5(2,31)3-4-6(14,15)7(16,17)8(18,19)9(20,21)10(22,23)11(24,25)12(26,27)13(28,29)30/h3-4,31H,1-2H3. The average Bonchev–Trinajstić information content (AvgIpc) is 2.50. The van der Waals surface area contributed by atoms with Crippen molar-refractivity contribution in [3.8, 4) is 0 Å². The Morgan fingerprint density at radius 3 is 0.935 bits per heavy atom. The highest BCUT2D eigenvalue weighted by Gasteiger charge is 2.95. The SMILES string of the molecule is CC(C)(O)C=CC(F)(F)C(F)(F)C(F)(F)C(F)(F)C(F)(F)C(F)(F)C(F)(F)C(F)(F)F. The predicted octanol–water partition coefficient (Wildman–Crippen LogP) is 6.32. The molecular formula is C13H9F17O. The second-order valence-corrected chi connectivity index (χ2v) is 6.55. The topological polar surface area (TPSA) is 20.2 Å². The Morgan fingerprint density at radius 2 is 0.677 bits per heavy atom. The first-order chi connectivity index (χ1) is 13.0. The Kier molecular flexibility index (Phi) is 6.91. The van der Waals surface area contributed by atoms with Gasteiger partial charge in [0.1, 0.15) is 0 Å². The number of aliphatic hydroxyl groups is 1. The monoisotopic (exact) mass is 504 g/mol. The molecule has 0 bridgehead atoms. The number of alkyl halides is 17. The summed E-state index contributed by atoms with van der Waals surface area (Å²) in [6, 6.07) is 0. The molecule has 0 heterocycles. The second kappa shape index (κ2) is 7.26. The van der Waals surface area contributed by atoms with Crippen molar-refractivity contribution >= 4 is 0 Å². The maximum atomic E-state index is 13.4. The van der Waals surface area contributed by atoms with Crippen molar-refractivity contribution < 1.29 is 79.7 Å². The molecule has 0 aromatic carbocycles. The molecule has 0 aliphatic carbocycles. The summed E-state index contributed by atoms with van der Waals surface area (Å²) in [5.74, 6) is -56.7. The summed E-state index contributed by atoms with van der Waals surface area (Å²) in [4.78, 5) is 0. The normalized spacial score (nSPS) is 16.9. The van der Waals surface area contributed by atoms with Gasteiger partial charge in [-0.1, -0.05) is 6.08 Å². The fraction of sp³-hybridized carbons (Fsp3) is 0.846. The van der Waals surface area contributed by atoms with Gasteiger partial charge >= 0.3 is 47.6 Å². The van der Waals surface area contributed by atoms with Crippen LogP contribution < -0.4 is 0 Å². The van der Waals surface area contributed by atoms with Crippen LogP contribution in [-0.4, -0.2) is 58.3 Å². The van der Waals surface area contributed by atoms with E-state index >= 15 is 0 Å². The molecule has 1 N–H and O–H groups in total. The van der Waals surface area contributed by atoms with Crippen LogP contribution in [0.1, 0.15) is 13.8 Å². The van der Waals surface area contributed by atoms with Crippen LogP contribution in [0, 0.1) is 0 Å². The van der Waals surface area contributed by atoms with E-state index in [2.05, 4.69) is 0 Å². The van der Waals surface area contributed by atoms with Crippen molar-refractivity contribution in [1.29, 1.82) is 0 Å². The lowest BCUT2D eigenvalue weighted by Crippen LogP contribution is -2.74. The third kappa shape index (κ3) is 4.27. The predicted molar refractivity (Wildman–Crippen MR) is 66.1 cm³/mol. The van der Waals surface area contributed by atoms with E-state index in [0.717, 1.165) is 0 Å². The molecule has 0 aliphatic heterocycles. The van der Waals surface area contributed by atoms with Gasteiger partial charge in [-0.05, 0) is 19.9 Å². The molecule has 0 saturated carbocycles. The van der Waals surface area contributed by atoms with E-state index in [9.17, 15) is 74.6 Å². The minimum absolute atomic E-state index is 0.445. The van der Waals surface area contributed by atoms with Gasteiger partial charge in [-0.2, -0.15) is 74.6 Å². The molecule has 0 radical (unpaired) electrons. The zero-order valence-electron chi connectivity index (χ0n) is 14.5. The van der Waals surface area contributed by atoms with Crippen molar-refractivity contribution in [2.24, 2.45) is 0 Å². The second-order valence-electron chi connectivity index (χ2n) is 6.55. The Balaban J connectivity index is 6.73. The molecule has 0 atom stereocenters. The van der Waals surface area contributed by atoms with Crippen LogP contribution in [0.2, 0.25) is 0 Å². The Bertz CT molecular complexity index is 679. The Morgan fingerprint density at radius 1 is 0.419 bits per heavy atom. The van der Waals surface area contributed by atoms with Crippen LogP contribution >= 0.6 is 0 Å². The van der Waals surface area contributed by atoms with Gasteiger partial charge in [-0.25, -0.2) is 0 Å². The highest BCUT2D eigenvalue weighted by molar-refractivity contribution is 5.18. The molecule has 0 fully saturated rings. The van der Waals surface area contributed by atoms with Crippen LogP contribution in [-0.2, 0) is 0 Å². The molecule has 0 amide bonds. The first kappa shape index (κ1) is 29.5. The molecule has 0 rings (SSSR count). The van der Waals surface area contributed by atoms with E-state index < -0.39 is 65.4 Å². The maximum absolute atomic E-state index is 13.4. The number of hydrogen-bond acceptors (Lipinski definition) is 1. The van der Waals surface area contributed by atoms with Crippen molar-refractivity contribution in [3.63, 3.8) is 0 Å². The number of halogens is 17. The Labute approximate surface area is 160 Å². The molecule has 0 aromatic rings. The quantitative estimate of drug-likeness (QED) is 0.303. The van der Waals surface area contributed by atoms with Crippen LogP contribution in [0.25, 0.3) is 0 Å². The lowest BCUT2D eigenvalue weighted by atomic mass is 9.88. The van der Waals surface area contributed by atoms with E-state index in [1.807, 2.05) is 0 Å². The van der Waals surface area contributed by atoms with E-state index in [1.54, 1.807) is 0 Å². The largest absolute Gasteiger partial charge is 0.460 e. The summed E-state index contributed by atoms with van der Waals surface area (Å²) in [6.45, 7) is 1.05. The molecule has 0 saturated heterocycles. The summed E-state index contributed by atoms with van der Waals surface area (Å²) < 4.78 is 220. The number of hydrogen-bond donors (Lipinski definition) is 1. The van der Waals surface area contributed by atoms with Gasteiger partial charge < -0.3 is 5.11 Å².